The number of phenolic OH excluding ortho intramolecular Hbond substituents is 1. The maximum atomic E-state index is 12.4. The zero-order valence-corrected chi connectivity index (χ0v) is 18.5. The molecule has 0 bridgehead atoms. The van der Waals surface area contributed by atoms with Gasteiger partial charge >= 0.3 is 0 Å². The maximum absolute atomic E-state index is 12.4. The van der Waals surface area contributed by atoms with Gasteiger partial charge in [-0.3, -0.25) is 4.79 Å². The Morgan fingerprint density at radius 2 is 1.48 bits per heavy atom. The van der Waals surface area contributed by atoms with Crippen molar-refractivity contribution >= 4 is 40.2 Å². The van der Waals surface area contributed by atoms with Gasteiger partial charge in [-0.25, -0.2) is 0 Å². The number of ketones is 1. The number of carbonyl (C=O) groups excluding carboxylic acids is 1. The molecule has 0 radical (unpaired) electrons. The number of carbonyl (C=O) groups is 1. The summed E-state index contributed by atoms with van der Waals surface area (Å²) >= 11 is 3.37. The second-order valence-electron chi connectivity index (χ2n) is 6.87. The standard InChI is InChI=1S/C21H25BrN2O2.ClH/c1-23(2)13-17-11-15(12-18(21(17)26)14-24(3)4)5-10-20(25)16-6-8-19(22)9-7-16;/h5-12,26H,13-14H2,1-4H3;1H/b10-5+;. The Bertz CT molecular complexity index is 771. The zero-order valence-electron chi connectivity index (χ0n) is 16.1. The highest BCUT2D eigenvalue weighted by molar-refractivity contribution is 9.10. The molecule has 0 atom stereocenters. The van der Waals surface area contributed by atoms with E-state index < -0.39 is 0 Å². The number of hydrogen-bond acceptors (Lipinski definition) is 4. The molecule has 6 heteroatoms. The van der Waals surface area contributed by atoms with Gasteiger partial charge in [0.1, 0.15) is 5.75 Å². The van der Waals surface area contributed by atoms with Gasteiger partial charge in [0.15, 0.2) is 5.78 Å². The average Bonchev–Trinajstić information content (AvgIpc) is 2.56. The summed E-state index contributed by atoms with van der Waals surface area (Å²) in [5, 5.41) is 10.5. The van der Waals surface area contributed by atoms with Crippen LogP contribution in [-0.2, 0) is 13.1 Å². The third kappa shape index (κ3) is 7.11. The molecule has 2 rings (SSSR count). The average molecular weight is 454 g/mol. The summed E-state index contributed by atoms with van der Waals surface area (Å²) in [4.78, 5) is 16.4. The van der Waals surface area contributed by atoms with Crippen molar-refractivity contribution in [3.05, 3.63) is 69.2 Å². The normalized spacial score (nSPS) is 11.2. The SMILES string of the molecule is CN(C)Cc1cc(/C=C/C(=O)c2ccc(Br)cc2)cc(CN(C)C)c1O.Cl. The molecule has 2 aromatic rings. The van der Waals surface area contributed by atoms with Crippen LogP contribution in [-0.4, -0.2) is 48.9 Å². The summed E-state index contributed by atoms with van der Waals surface area (Å²) in [7, 11) is 7.85. The first-order valence-corrected chi connectivity index (χ1v) is 9.17. The first-order valence-electron chi connectivity index (χ1n) is 8.38. The quantitative estimate of drug-likeness (QED) is 0.492. The van der Waals surface area contributed by atoms with Crippen LogP contribution in [0.1, 0.15) is 27.0 Å². The highest BCUT2D eigenvalue weighted by atomic mass is 79.9. The van der Waals surface area contributed by atoms with Crippen molar-refractivity contribution < 1.29 is 9.90 Å². The van der Waals surface area contributed by atoms with Crippen molar-refractivity contribution in [2.75, 3.05) is 28.2 Å². The van der Waals surface area contributed by atoms with E-state index in [9.17, 15) is 9.90 Å². The van der Waals surface area contributed by atoms with Gasteiger partial charge in [0.25, 0.3) is 0 Å². The number of halogens is 2. The molecule has 0 amide bonds. The van der Waals surface area contributed by atoms with E-state index >= 15 is 0 Å². The Kier molecular flexibility index (Phi) is 9.19. The molecule has 0 saturated carbocycles. The van der Waals surface area contributed by atoms with Crippen LogP contribution in [0.4, 0.5) is 0 Å². The lowest BCUT2D eigenvalue weighted by atomic mass is 10.0. The van der Waals surface area contributed by atoms with Gasteiger partial charge in [0, 0.05) is 34.3 Å². The molecule has 0 aliphatic carbocycles. The third-order valence-electron chi connectivity index (χ3n) is 3.82. The molecule has 0 aliphatic rings. The van der Waals surface area contributed by atoms with Crippen LogP contribution >= 0.6 is 28.3 Å². The van der Waals surface area contributed by atoms with Crippen LogP contribution in [0.2, 0.25) is 0 Å². The van der Waals surface area contributed by atoms with Crippen molar-refractivity contribution in [3.63, 3.8) is 0 Å². The fourth-order valence-electron chi connectivity index (χ4n) is 2.69. The molecular weight excluding hydrogens is 428 g/mol. The van der Waals surface area contributed by atoms with Crippen LogP contribution in [0.15, 0.2) is 46.9 Å². The number of aromatic hydroxyl groups is 1. The Hall–Kier alpha value is -1.66. The van der Waals surface area contributed by atoms with E-state index in [4.69, 9.17) is 0 Å². The van der Waals surface area contributed by atoms with Crippen molar-refractivity contribution in [2.45, 2.75) is 13.1 Å². The minimum absolute atomic E-state index is 0. The van der Waals surface area contributed by atoms with Gasteiger partial charge in [-0.2, -0.15) is 0 Å². The lowest BCUT2D eigenvalue weighted by molar-refractivity contribution is 0.104. The maximum Gasteiger partial charge on any atom is 0.185 e. The fraction of sp³-hybridized carbons (Fsp3) is 0.286. The molecule has 0 unspecified atom stereocenters. The largest absolute Gasteiger partial charge is 0.507 e. The molecule has 0 saturated heterocycles. The number of nitrogens with zero attached hydrogens (tertiary/aromatic N) is 2. The van der Waals surface area contributed by atoms with Crippen molar-refractivity contribution in [1.29, 1.82) is 0 Å². The molecular formula is C21H26BrClN2O2. The lowest BCUT2D eigenvalue weighted by Gasteiger charge is -2.17. The van der Waals surface area contributed by atoms with Gasteiger partial charge in [0.05, 0.1) is 0 Å². The summed E-state index contributed by atoms with van der Waals surface area (Å²) in [5.41, 5.74) is 3.25. The van der Waals surface area contributed by atoms with Crippen molar-refractivity contribution in [1.82, 2.24) is 9.80 Å². The minimum Gasteiger partial charge on any atom is -0.507 e. The first kappa shape index (κ1) is 23.4. The predicted molar refractivity (Wildman–Crippen MR) is 118 cm³/mol. The van der Waals surface area contributed by atoms with Gasteiger partial charge in [0.2, 0.25) is 0 Å². The summed E-state index contributed by atoms with van der Waals surface area (Å²) < 4.78 is 0.943. The van der Waals surface area contributed by atoms with Crippen LogP contribution in [0.5, 0.6) is 5.75 Å². The third-order valence-corrected chi connectivity index (χ3v) is 4.35. The van der Waals surface area contributed by atoms with E-state index in [1.54, 1.807) is 18.2 Å². The van der Waals surface area contributed by atoms with E-state index in [1.807, 2.05) is 68.3 Å². The molecule has 1 N–H and O–H groups in total. The highest BCUT2D eigenvalue weighted by Crippen LogP contribution is 2.27. The van der Waals surface area contributed by atoms with Gasteiger partial charge in [-0.1, -0.05) is 22.0 Å². The molecule has 0 spiro atoms. The number of hydrogen-bond donors (Lipinski definition) is 1. The molecule has 2 aromatic carbocycles. The Morgan fingerprint density at radius 3 is 1.93 bits per heavy atom. The second kappa shape index (κ2) is 10.6. The van der Waals surface area contributed by atoms with Crippen LogP contribution < -0.4 is 0 Å². The van der Waals surface area contributed by atoms with E-state index in [-0.39, 0.29) is 18.2 Å². The first-order chi connectivity index (χ1) is 12.3. The second-order valence-corrected chi connectivity index (χ2v) is 7.78. The molecule has 4 nitrogen and oxygen atoms in total. The number of benzene rings is 2. The summed E-state index contributed by atoms with van der Waals surface area (Å²) in [6, 6.07) is 11.2. The monoisotopic (exact) mass is 452 g/mol. The molecule has 0 aromatic heterocycles. The van der Waals surface area contributed by atoms with Crippen LogP contribution in [0.3, 0.4) is 0 Å². The zero-order chi connectivity index (χ0) is 19.3. The van der Waals surface area contributed by atoms with Crippen molar-refractivity contribution in [2.24, 2.45) is 0 Å². The Balaban J connectivity index is 0.00000364. The summed E-state index contributed by atoms with van der Waals surface area (Å²) in [5.74, 6) is 0.276. The smallest absolute Gasteiger partial charge is 0.185 e. The van der Waals surface area contributed by atoms with Crippen molar-refractivity contribution in [3.8, 4) is 5.75 Å². The molecule has 0 fully saturated rings. The fourth-order valence-corrected chi connectivity index (χ4v) is 2.95. The van der Waals surface area contributed by atoms with Gasteiger partial charge in [-0.15, -0.1) is 12.4 Å². The number of phenols is 1. The van der Waals surface area contributed by atoms with Crippen LogP contribution in [0.25, 0.3) is 6.08 Å². The molecule has 0 heterocycles. The Labute approximate surface area is 176 Å². The van der Waals surface area contributed by atoms with E-state index in [2.05, 4.69) is 15.9 Å². The summed E-state index contributed by atoms with van der Waals surface area (Å²) in [6.45, 7) is 1.27. The van der Waals surface area contributed by atoms with Gasteiger partial charge in [-0.05, 0) is 76.2 Å². The summed E-state index contributed by atoms with van der Waals surface area (Å²) in [6.07, 6.45) is 3.39. The molecule has 146 valence electrons. The van der Waals surface area contributed by atoms with E-state index in [1.165, 1.54) is 0 Å². The number of allylic oxidation sites excluding steroid dienone is 1. The Morgan fingerprint density at radius 1 is 1.00 bits per heavy atom. The van der Waals surface area contributed by atoms with E-state index in [0.29, 0.717) is 24.4 Å². The molecule has 27 heavy (non-hydrogen) atoms. The number of rotatable bonds is 7. The molecule has 0 aliphatic heterocycles. The lowest BCUT2D eigenvalue weighted by Crippen LogP contribution is -2.14. The van der Waals surface area contributed by atoms with E-state index in [0.717, 1.165) is 21.2 Å². The highest BCUT2D eigenvalue weighted by Gasteiger charge is 2.11. The minimum atomic E-state index is -0.0473. The topological polar surface area (TPSA) is 43.8 Å². The van der Waals surface area contributed by atoms with Gasteiger partial charge < -0.3 is 14.9 Å². The predicted octanol–water partition coefficient (Wildman–Crippen LogP) is 4.60. The van der Waals surface area contributed by atoms with Crippen LogP contribution in [0, 0.1) is 0 Å².